The molecule has 3 saturated heterocycles. The Morgan fingerprint density at radius 2 is 0.745 bits per heavy atom. The number of amides is 2. The monoisotopic (exact) mass is 1960 g/mol. The highest BCUT2D eigenvalue weighted by Gasteiger charge is 2.47. The number of nitrogens with zero attached hydrogens (tertiary/aromatic N) is 3. The van der Waals surface area contributed by atoms with Gasteiger partial charge in [0, 0.05) is 151 Å². The Bertz CT molecular complexity index is 8600. The smallest absolute Gasteiger partial charge is 0.344 e. The van der Waals surface area contributed by atoms with Crippen LogP contribution < -0.4 is 49.1 Å². The molecule has 21 rings (SSSR count). The molecule has 3 fully saturated rings. The average molecular weight is 1970 g/mol. The van der Waals surface area contributed by atoms with E-state index in [4.69, 9.17) is 40.7 Å². The van der Waals surface area contributed by atoms with E-state index < -0.39 is 70.2 Å². The lowest BCUT2D eigenvalue weighted by Crippen LogP contribution is -2.60. The van der Waals surface area contributed by atoms with Gasteiger partial charge in [-0.1, -0.05) is 79.8 Å². The lowest BCUT2D eigenvalue weighted by molar-refractivity contribution is -0.265. The molecule has 12 N–H and O–H groups in total. The van der Waals surface area contributed by atoms with Gasteiger partial charge in [-0.05, 0) is 223 Å². The first-order valence-electron chi connectivity index (χ1n) is 46.6. The number of aromatic hydroxyl groups is 6. The van der Waals surface area contributed by atoms with E-state index in [1.807, 2.05) is 24.3 Å². The molecule has 0 radical (unpaired) electrons. The fourth-order valence-electron chi connectivity index (χ4n) is 17.3. The van der Waals surface area contributed by atoms with Crippen molar-refractivity contribution in [3.8, 4) is 63.9 Å². The second-order valence-corrected chi connectivity index (χ2v) is 35.8. The summed E-state index contributed by atoms with van der Waals surface area (Å²) in [4.78, 5) is 116. The van der Waals surface area contributed by atoms with Gasteiger partial charge >= 0.3 is 33.8 Å². The summed E-state index contributed by atoms with van der Waals surface area (Å²) in [6, 6.07) is 59.5. The standard InChI is InChI=1S/C20H21N3O4.C20H20N2O4.C20H18O9.C18H14O4.C17H12O4.C17H16O3/c1-22-6-8-23(9-7-22)12-19(25)21-13-2-4-15-16-5-3-14(24)11-18(16)27-20(26)17(15)10-13;23-14-5-7-16-15-6-4-13(10-17(15)20(25)26-18(16)11-14)21-19(24)12-22-8-2-1-3-9-22;1-8(21)18-16(24)15(23)17(25)20(29-18)27-10-3-5-11-12-4-2-9(22)6-14(12)28-19(26)13(11)7-10;1-18(2,21)8-7-11-3-5-13-14-6-4-12(19)10-16(14)22-17(20)15(13)9-11;1-20-8-2-3-11-4-6-13-14-7-5-12(18)10-16(14)21-17(19)15(13)9-11;1-2-3-4-11-5-7-13-14-8-6-12(18)10-16(14)20-17(19)15(13)9-11/h2-5,10-11,24H,6-9,12H2,1H3,(H,21,25);4-7,10-11,23H,1-3,8-9,12H2,(H,21,24);2-7,15-18,20,22-25H,1H3;3-6,9-10,19,21H,1-2H3;4-7,9-10,18H,8H2,1H3;5-10,18H,2-4H2,1H3/t;;15-,16-,17+,18+,20+;;;/m..0.../s1. The Hall–Kier alpha value is -16.6. The molecule has 9 heterocycles. The average Bonchev–Trinajstić information content (AvgIpc) is 0.759. The number of carbonyl (C=O) groups excluding carboxylic acids is 3. The number of anilines is 2. The maximum absolute atomic E-state index is 12.3. The van der Waals surface area contributed by atoms with Gasteiger partial charge in [0.15, 0.2) is 5.78 Å². The van der Waals surface area contributed by atoms with E-state index in [-0.39, 0.29) is 68.7 Å². The van der Waals surface area contributed by atoms with Gasteiger partial charge in [0.05, 0.1) is 45.4 Å². The minimum absolute atomic E-state index is 0.0378. The molecule has 0 spiro atoms. The summed E-state index contributed by atoms with van der Waals surface area (Å²) in [6.07, 6.45) is -0.957. The van der Waals surface area contributed by atoms with Crippen LogP contribution in [-0.4, -0.2) is 193 Å². The molecule has 145 heavy (non-hydrogen) atoms. The van der Waals surface area contributed by atoms with E-state index in [9.17, 15) is 94.2 Å². The van der Waals surface area contributed by atoms with Crippen LogP contribution in [0, 0.1) is 23.7 Å². The number of nitrogens with one attached hydrogen (secondary N) is 2. The van der Waals surface area contributed by atoms with Crippen LogP contribution in [0.5, 0.6) is 40.2 Å². The van der Waals surface area contributed by atoms with E-state index in [0.717, 1.165) is 136 Å². The van der Waals surface area contributed by atoms with Crippen molar-refractivity contribution >= 4 is 159 Å². The molecule has 0 unspecified atom stereocenters. The summed E-state index contributed by atoms with van der Waals surface area (Å²) in [5.74, 6) is 11.0. The van der Waals surface area contributed by atoms with Crippen molar-refractivity contribution in [3.05, 3.63) is 298 Å². The van der Waals surface area contributed by atoms with Crippen molar-refractivity contribution in [2.75, 3.05) is 83.8 Å². The summed E-state index contributed by atoms with van der Waals surface area (Å²) in [5, 5.41) is 114. The zero-order valence-electron chi connectivity index (χ0n) is 79.4. The Morgan fingerprint density at radius 1 is 0.400 bits per heavy atom. The molecule has 18 aromatic rings. The normalized spacial score (nSPS) is 16.0. The molecule has 2 amide bonds. The van der Waals surface area contributed by atoms with Gasteiger partial charge in [0.2, 0.25) is 18.1 Å². The fraction of sp³-hybridized carbons (Fsp3) is 0.241. The SMILES string of the molecule is CC(=O)[C@H]1O[C@@H](Oc2ccc3c(c2)c(=O)oc2cc(O)ccc23)[C@H](O)[C@@H](O)[C@@H]1O.CC(C)(O)C#Cc1ccc2c(c1)c(=O)oc1cc(O)ccc12.CCCCc1ccc2c(c1)c(=O)oc1cc(O)ccc12.CN1CCN(CC(=O)Nc2ccc3c(c2)c(=O)oc2cc(O)ccc23)CC1.COCC#Cc1ccc2c(c1)c(=O)oc1cc(O)ccc12.O=C(CN1CCCCC1)Nc1ccc2c(c1)c(=O)oc1cc(O)ccc12. The molecule has 3 aliphatic heterocycles. The number of ether oxygens (including phenoxy) is 3. The number of phenols is 6. The first kappa shape index (κ1) is 101. The van der Waals surface area contributed by atoms with E-state index in [0.29, 0.717) is 102 Å². The highest BCUT2D eigenvalue weighted by atomic mass is 16.7. The molecule has 12 aromatic carbocycles. The largest absolute Gasteiger partial charge is 0.508 e. The predicted molar refractivity (Wildman–Crippen MR) is 550 cm³/mol. The second-order valence-electron chi connectivity index (χ2n) is 35.8. The molecule has 33 heteroatoms. The number of piperidine rings is 1. The fourth-order valence-corrected chi connectivity index (χ4v) is 17.3. The van der Waals surface area contributed by atoms with Gasteiger partial charge < -0.3 is 107 Å². The summed E-state index contributed by atoms with van der Waals surface area (Å²) in [5.41, 5.74) is 1.63. The van der Waals surface area contributed by atoms with E-state index in [1.54, 1.807) is 154 Å². The number of likely N-dealkylation sites (N-methyl/N-ethyl adjacent to an activating group) is 1. The van der Waals surface area contributed by atoms with Gasteiger partial charge in [0.25, 0.3) is 0 Å². The number of Topliss-reactive ketones (excluding diaryl/α,β-unsaturated/α-hetero) is 1. The van der Waals surface area contributed by atoms with E-state index in [2.05, 4.69) is 69.1 Å². The molecule has 6 aromatic heterocycles. The number of carbonyl (C=O) groups is 3. The van der Waals surface area contributed by atoms with Gasteiger partial charge in [-0.15, -0.1) is 0 Å². The topological polar surface area (TPSA) is 496 Å². The van der Waals surface area contributed by atoms with E-state index in [1.165, 1.54) is 67.9 Å². The lowest BCUT2D eigenvalue weighted by Gasteiger charge is -2.39. The number of aliphatic hydroxyl groups is 4. The Labute approximate surface area is 823 Å². The number of hydrogen-bond donors (Lipinski definition) is 12. The molecule has 33 nitrogen and oxygen atoms in total. The molecule has 0 bridgehead atoms. The lowest BCUT2D eigenvalue weighted by atomic mass is 9.97. The molecule has 0 saturated carbocycles. The summed E-state index contributed by atoms with van der Waals surface area (Å²) < 4.78 is 47.4. The molecular weight excluding hydrogens is 1860 g/mol. The van der Waals surface area contributed by atoms with E-state index >= 15 is 0 Å². The quantitative estimate of drug-likeness (QED) is 0.0290. The van der Waals surface area contributed by atoms with Gasteiger partial charge in [-0.2, -0.15) is 0 Å². The maximum Gasteiger partial charge on any atom is 0.344 e. The van der Waals surface area contributed by atoms with Crippen molar-refractivity contribution < 1.29 is 106 Å². The Morgan fingerprint density at radius 3 is 1.12 bits per heavy atom. The molecular formula is C112H101N5O28. The summed E-state index contributed by atoms with van der Waals surface area (Å²) in [6.45, 7) is 13.1. The van der Waals surface area contributed by atoms with Gasteiger partial charge in [0.1, 0.15) is 110 Å². The number of fused-ring (bicyclic) bond motifs is 18. The van der Waals surface area contributed by atoms with Crippen LogP contribution >= 0.6 is 0 Å². The highest BCUT2D eigenvalue weighted by molar-refractivity contribution is 6.11. The number of hydrogen-bond acceptors (Lipinski definition) is 31. The van der Waals surface area contributed by atoms with Crippen molar-refractivity contribution in [1.29, 1.82) is 0 Å². The van der Waals surface area contributed by atoms with Gasteiger partial charge in [-0.25, -0.2) is 28.8 Å². The Kier molecular flexibility index (Phi) is 31.0. The van der Waals surface area contributed by atoms with Crippen LogP contribution in [0.25, 0.3) is 130 Å². The molecule has 3 aliphatic rings. The van der Waals surface area contributed by atoms with Crippen LogP contribution in [0.15, 0.2) is 274 Å². The first-order valence-corrected chi connectivity index (χ1v) is 46.6. The molecule has 5 atom stereocenters. The first-order chi connectivity index (χ1) is 69.5. The van der Waals surface area contributed by atoms with Crippen molar-refractivity contribution in [2.24, 2.45) is 0 Å². The number of piperazine rings is 1. The summed E-state index contributed by atoms with van der Waals surface area (Å²) >= 11 is 0. The van der Waals surface area contributed by atoms with Crippen molar-refractivity contribution in [1.82, 2.24) is 14.7 Å². The van der Waals surface area contributed by atoms with Crippen molar-refractivity contribution in [3.63, 3.8) is 0 Å². The third kappa shape index (κ3) is 24.1. The Balaban J connectivity index is 0.000000125. The zero-order valence-corrected chi connectivity index (χ0v) is 79.4. The van der Waals surface area contributed by atoms with Crippen LogP contribution in [0.3, 0.4) is 0 Å². The number of rotatable bonds is 13. The van der Waals surface area contributed by atoms with Crippen LogP contribution in [0.2, 0.25) is 0 Å². The zero-order chi connectivity index (χ0) is 103. The van der Waals surface area contributed by atoms with Crippen LogP contribution in [0.4, 0.5) is 11.4 Å². The highest BCUT2D eigenvalue weighted by Crippen LogP contribution is 2.36. The number of ketones is 1. The number of unbranched alkanes of at least 4 members (excludes halogenated alkanes) is 1. The number of aliphatic hydroxyl groups excluding tert-OH is 3. The molecule has 742 valence electrons. The maximum atomic E-state index is 12.3. The number of benzene rings is 12. The minimum Gasteiger partial charge on any atom is -0.508 e. The second kappa shape index (κ2) is 44.3. The number of phenolic OH excluding ortho intramolecular Hbond substituents is 6. The minimum atomic E-state index is -1.65. The van der Waals surface area contributed by atoms with Crippen LogP contribution in [-0.2, 0) is 30.3 Å². The van der Waals surface area contributed by atoms with Crippen LogP contribution in [0.1, 0.15) is 76.5 Å². The summed E-state index contributed by atoms with van der Waals surface area (Å²) in [7, 11) is 3.65. The number of aryl methyl sites for hydroxylation is 1. The number of methoxy groups -OCH3 is 1. The predicted octanol–water partition coefficient (Wildman–Crippen LogP) is 14.8. The third-order valence-corrected chi connectivity index (χ3v) is 24.6. The third-order valence-electron chi connectivity index (χ3n) is 24.6. The van der Waals surface area contributed by atoms with Crippen molar-refractivity contribution in [2.45, 2.75) is 103 Å². The molecule has 0 aliphatic carbocycles. The van der Waals surface area contributed by atoms with Gasteiger partial charge in [-0.3, -0.25) is 24.2 Å². The number of likely N-dealkylation sites (tertiary alicyclic amines) is 1.